The van der Waals surface area contributed by atoms with Crippen LogP contribution in [-0.4, -0.2) is 399 Å². The number of ether oxygens (including phenoxy) is 8. The number of allylic oxidation sites excluding steroid dienone is 2. The molecule has 36 nitrogen and oxygen atoms in total. The summed E-state index contributed by atoms with van der Waals surface area (Å²) in [6.07, 6.45) is 0.721. The molecule has 13 heterocycles. The maximum Gasteiger partial charge on any atom is 0.240 e. The van der Waals surface area contributed by atoms with Gasteiger partial charge in [-0.05, 0) is 138 Å². The fourth-order valence-electron chi connectivity index (χ4n) is 20.4. The second-order valence-corrected chi connectivity index (χ2v) is 43.8. The number of halogens is 4. The largest absolute Gasteiger partial charge is 0.388 e. The van der Waals surface area contributed by atoms with Crippen LogP contribution in [0.5, 0.6) is 0 Å². The van der Waals surface area contributed by atoms with Crippen LogP contribution in [0.4, 0.5) is 5.69 Å². The molecule has 1 saturated carbocycles. The average molecular weight is 2050 g/mol. The van der Waals surface area contributed by atoms with Crippen LogP contribution in [-0.2, 0) is 57.1 Å². The number of carbonyl (C=O) groups excluding carboxylic acids is 4. The van der Waals surface area contributed by atoms with E-state index in [2.05, 4.69) is 69.8 Å². The zero-order chi connectivity index (χ0) is 97.2. The maximum atomic E-state index is 13.5. The van der Waals surface area contributed by atoms with Crippen molar-refractivity contribution in [3.05, 3.63) is 95.6 Å². The molecule has 10 unspecified atom stereocenters. The number of alkyl halides is 4. The standard InChI is InChI=1S/C27H34ClN3O6S.C25H32ClN3O6S.C21H36ClN3O6S.C18H32ClN3O6S/c1-13(28)19(25-22(33)21(32)23(34)27(37-25)38-2)31-26(35)20-24-16(12-30-20)10-14(7-9-36-24)17-5-3-4-15-11-29-8-6-18(15)17;1-12(26)17(23-20(31)19(30)21(32)25(35-23)36-3)29-24(33)18-22-15(11-28-18)10-14(8-9-34-22)13-4-6-16(27-2)7-5-13;1-9(22)13(19-16(27)15(26)17(28)21(31-19)32-2)25-20(29)14-18-10(8-23-14)7-12(5-6-30-18)24-11-3-4-11;1-7(19)10(16-13(24)12(23)14(25)18(28-16)29-2)22-17(26)11-15-8(6-21-11)5-9(20)3-4-27-15/h3-8,11,13,16,19-25,27,30,32-34H,9-10,12H2,1-2H3,(H,31,35);4-8,12,15,17-23,25,28,30-32H,9-11H2,1,3H3,(H,29,33);9-19,21,23-24,26-28H,3-8H2,1-2H3,(H,25,29);7-16,18,21,23-25H,3-6,20H2,1-2H3,(H,22,26)/t13-,16-,19+,20-,21+,22?,23+,24+,25+,27?;12-,15-,17+,18-,19+,20?,21+,22+,23+,25?;9-,10-,12?,13+,14-,15+,16?,17+,18+,19+,21?;7-,8-,9?,10+,11-,12+,13?,14+,15+,16+,18?/m0000/s1. The SMILES string of the molecule is CSC1O[C@H]([C@H](NC(=O)[C@H]2NC[C@@H]3CC(N)CCO[C@H]32)[C@H](C)Cl)C(O)[C@@H](O)[C@H]1O.CSC1O[C@H]([C@H](NC(=O)[C@H]2NC[C@@H]3CC(NC4CC4)CCO[C@H]32)[C@H](C)Cl)C(O)[C@@H](O)[C@H]1O.CSC1O[C@H]([C@H](NC(=O)[C@H]2NC[C@@H]3CC(c4cccc5cnccc45)=CCO[C@H]32)[C@H](C)Cl)C(O)[C@@H](O)[C@H]1O.[C-]#[N+]c1ccc(C2=CCO[C@@H]3[C@H](CN[C@@H]3C(=O)N[C@H]([C@H](C)Cl)[C@H]3OC(SC)[C@H](O)[C@H](O)C3O)C2)cc1. The molecule has 754 valence electrons. The van der Waals surface area contributed by atoms with Crippen molar-refractivity contribution in [1.82, 2.24) is 52.8 Å². The number of rotatable bonds is 24. The fourth-order valence-corrected chi connectivity index (χ4v) is 24.0. The summed E-state index contributed by atoms with van der Waals surface area (Å²) < 4.78 is 47.7. The summed E-state index contributed by atoms with van der Waals surface area (Å²) in [5.41, 5.74) is 8.13. The van der Waals surface area contributed by atoms with E-state index in [1.807, 2.05) is 42.6 Å². The fraction of sp³-hybridized carbons (Fsp3) is 0.736. The van der Waals surface area contributed by atoms with E-state index in [-0.39, 0.29) is 77.8 Å². The quantitative estimate of drug-likeness (QED) is 0.0417. The second kappa shape index (κ2) is 49.7. The molecule has 42 atom stereocenters. The van der Waals surface area contributed by atoms with Crippen LogP contribution < -0.4 is 53.6 Å². The molecule has 44 heteroatoms. The number of aromatic nitrogens is 1. The number of nitrogens with two attached hydrogens (primary N) is 1. The lowest BCUT2D eigenvalue weighted by Crippen LogP contribution is -2.65. The number of pyridine rings is 1. The third kappa shape index (κ3) is 25.8. The van der Waals surface area contributed by atoms with Crippen molar-refractivity contribution in [2.45, 2.75) is 311 Å². The Hall–Kier alpha value is -3.78. The number of aliphatic hydroxyl groups excluding tert-OH is 12. The maximum absolute atomic E-state index is 13.5. The van der Waals surface area contributed by atoms with Gasteiger partial charge in [0.2, 0.25) is 23.6 Å². The molecule has 23 N–H and O–H groups in total. The van der Waals surface area contributed by atoms with Gasteiger partial charge in [0, 0.05) is 99.0 Å². The van der Waals surface area contributed by atoms with Crippen LogP contribution in [0, 0.1) is 30.2 Å². The van der Waals surface area contributed by atoms with Crippen molar-refractivity contribution >= 4 is 145 Å². The highest BCUT2D eigenvalue weighted by atomic mass is 35.5. The van der Waals surface area contributed by atoms with Gasteiger partial charge >= 0.3 is 0 Å². The Bertz CT molecular complexity index is 4470. The minimum Gasteiger partial charge on any atom is -0.388 e. The molecule has 0 radical (unpaired) electrons. The van der Waals surface area contributed by atoms with Crippen molar-refractivity contribution in [2.75, 3.05) is 77.6 Å². The smallest absolute Gasteiger partial charge is 0.240 e. The van der Waals surface area contributed by atoms with Crippen molar-refractivity contribution in [1.29, 1.82) is 0 Å². The molecule has 4 amide bonds. The van der Waals surface area contributed by atoms with Crippen molar-refractivity contribution < 1.29 is 118 Å². The van der Waals surface area contributed by atoms with Crippen LogP contribution in [0.2, 0.25) is 0 Å². The Morgan fingerprint density at radius 3 is 1.19 bits per heavy atom. The van der Waals surface area contributed by atoms with Crippen LogP contribution in [0.25, 0.3) is 26.8 Å². The summed E-state index contributed by atoms with van der Waals surface area (Å²) in [7, 11) is 0. The zero-order valence-electron chi connectivity index (χ0n) is 76.5. The minimum atomic E-state index is -1.43. The minimum absolute atomic E-state index is 0.0615. The molecule has 3 aromatic rings. The topological polar surface area (TPSA) is 536 Å². The van der Waals surface area contributed by atoms with Crippen molar-refractivity contribution in [2.24, 2.45) is 29.4 Å². The highest BCUT2D eigenvalue weighted by molar-refractivity contribution is 7.99. The Labute approximate surface area is 823 Å². The lowest BCUT2D eigenvalue weighted by molar-refractivity contribution is -0.205. The molecular weight excluding hydrogens is 1920 g/mol. The van der Waals surface area contributed by atoms with Crippen LogP contribution in [0.3, 0.4) is 0 Å². The predicted octanol–water partition coefficient (Wildman–Crippen LogP) is 0.0783. The number of nitrogens with zero attached hydrogens (tertiary/aromatic N) is 2. The molecule has 0 spiro atoms. The molecule has 11 fully saturated rings. The van der Waals surface area contributed by atoms with Gasteiger partial charge in [0.25, 0.3) is 0 Å². The van der Waals surface area contributed by atoms with E-state index in [4.69, 9.17) is 96.6 Å². The Morgan fingerprint density at radius 1 is 0.452 bits per heavy atom. The highest BCUT2D eigenvalue weighted by Gasteiger charge is 2.56. The Balaban J connectivity index is 0.000000153. The lowest BCUT2D eigenvalue weighted by Gasteiger charge is -2.44. The molecular formula is C91H134Cl4N12O24S4. The molecule has 13 aliphatic rings. The number of thioether (sulfide) groups is 4. The third-order valence-corrected chi connectivity index (χ3v) is 32.6. The number of benzene rings is 2. The zero-order valence-corrected chi connectivity index (χ0v) is 82.7. The Morgan fingerprint density at radius 2 is 0.815 bits per heavy atom. The van der Waals surface area contributed by atoms with E-state index in [1.54, 1.807) is 71.0 Å². The first-order valence-corrected chi connectivity index (χ1v) is 53.3. The van der Waals surface area contributed by atoms with Gasteiger partial charge in [-0.15, -0.1) is 93.5 Å². The summed E-state index contributed by atoms with van der Waals surface area (Å²) in [5.74, 6) is -0.665. The molecule has 1 aliphatic carbocycles. The molecule has 10 saturated heterocycles. The van der Waals surface area contributed by atoms with E-state index in [9.17, 15) is 80.5 Å². The molecule has 135 heavy (non-hydrogen) atoms. The number of carbonyl (C=O) groups is 4. The molecule has 16 rings (SSSR count). The van der Waals surface area contributed by atoms with Gasteiger partial charge in [0.15, 0.2) is 5.69 Å². The first-order chi connectivity index (χ1) is 64.6. The summed E-state index contributed by atoms with van der Waals surface area (Å²) >= 11 is 30.4. The van der Waals surface area contributed by atoms with Gasteiger partial charge < -0.3 is 153 Å². The van der Waals surface area contributed by atoms with E-state index >= 15 is 0 Å². The van der Waals surface area contributed by atoms with Gasteiger partial charge in [-0.2, -0.15) is 0 Å². The summed E-state index contributed by atoms with van der Waals surface area (Å²) in [5, 5.41) is 152. The molecule has 12 aliphatic heterocycles. The summed E-state index contributed by atoms with van der Waals surface area (Å²) in [6.45, 7) is 18.3. The van der Waals surface area contributed by atoms with Gasteiger partial charge in [-0.1, -0.05) is 54.6 Å². The van der Waals surface area contributed by atoms with Gasteiger partial charge in [-0.3, -0.25) is 24.2 Å². The first kappa shape index (κ1) is 108. The third-order valence-electron chi connectivity index (χ3n) is 28.1. The van der Waals surface area contributed by atoms with E-state index in [1.165, 1.54) is 65.5 Å². The van der Waals surface area contributed by atoms with Crippen LogP contribution >= 0.6 is 93.5 Å². The van der Waals surface area contributed by atoms with Gasteiger partial charge in [0.1, 0.15) is 144 Å². The van der Waals surface area contributed by atoms with Crippen molar-refractivity contribution in [3.8, 4) is 0 Å². The summed E-state index contributed by atoms with van der Waals surface area (Å²) in [4.78, 5) is 60.9. The number of nitrogens with one attached hydrogen (secondary N) is 9. The number of fused-ring (bicyclic) bond motifs is 5. The predicted molar refractivity (Wildman–Crippen MR) is 516 cm³/mol. The highest BCUT2D eigenvalue weighted by Crippen LogP contribution is 2.42. The normalized spacial score (nSPS) is 39.7. The average Bonchev–Trinajstić information content (AvgIpc) is 1.71. The number of amides is 4. The van der Waals surface area contributed by atoms with Crippen molar-refractivity contribution in [3.63, 3.8) is 0 Å². The number of hydrogen-bond donors (Lipinski definition) is 22. The molecule has 2 aromatic carbocycles. The van der Waals surface area contributed by atoms with E-state index in [0.29, 0.717) is 70.4 Å². The van der Waals surface area contributed by atoms with Gasteiger partial charge in [-0.25, -0.2) is 4.85 Å². The first-order valence-electron chi connectivity index (χ1n) is 46.4. The monoisotopic (exact) mass is 2050 g/mol. The van der Waals surface area contributed by atoms with Crippen LogP contribution in [0.1, 0.15) is 90.2 Å². The van der Waals surface area contributed by atoms with E-state index in [0.717, 1.165) is 66.0 Å². The second-order valence-electron chi connectivity index (χ2n) is 37.3. The number of hydrogen-bond acceptors (Lipinski definition) is 35. The van der Waals surface area contributed by atoms with E-state index < -0.39 is 189 Å². The van der Waals surface area contributed by atoms with Crippen LogP contribution in [0.15, 0.2) is 73.1 Å². The molecule has 0 bridgehead atoms. The lowest BCUT2D eigenvalue weighted by atomic mass is 9.89. The summed E-state index contributed by atoms with van der Waals surface area (Å²) in [6, 6.07) is 11.3. The number of aliphatic hydroxyl groups is 12. The Kier molecular flexibility index (Phi) is 39.9. The molecule has 1 aromatic heterocycles. The van der Waals surface area contributed by atoms with Gasteiger partial charge in [0.05, 0.1) is 89.9 Å².